The number of nitrogens with one attached hydrogen (secondary N) is 1. The topological polar surface area (TPSA) is 50.8 Å². The number of hydrogen-bond acceptors (Lipinski definition) is 3. The molecule has 4 nitrogen and oxygen atoms in total. The molecule has 3 rings (SSSR count). The van der Waals surface area contributed by atoms with Crippen LogP contribution in [0.3, 0.4) is 0 Å². The molecule has 0 unspecified atom stereocenters. The van der Waals surface area contributed by atoms with Crippen molar-refractivity contribution in [2.45, 2.75) is 44.9 Å². The molecule has 0 bridgehead atoms. The number of hydrogen-bond donors (Lipinski definition) is 1. The van der Waals surface area contributed by atoms with Crippen molar-refractivity contribution in [1.82, 2.24) is 15.2 Å². The van der Waals surface area contributed by atoms with Crippen LogP contribution in [-0.2, 0) is 11.2 Å². The molecule has 0 aromatic carbocycles. The second kappa shape index (κ2) is 3.84. The summed E-state index contributed by atoms with van der Waals surface area (Å²) in [6.45, 7) is 4.00. The van der Waals surface area contributed by atoms with E-state index >= 15 is 0 Å². The van der Waals surface area contributed by atoms with E-state index in [1.54, 1.807) is 0 Å². The van der Waals surface area contributed by atoms with Crippen LogP contribution in [0.15, 0.2) is 0 Å². The van der Waals surface area contributed by atoms with Crippen molar-refractivity contribution in [2.75, 3.05) is 13.2 Å². The predicted molar refractivity (Wildman–Crippen MR) is 60.2 cm³/mol. The Morgan fingerprint density at radius 3 is 3.06 bits per heavy atom. The van der Waals surface area contributed by atoms with Gasteiger partial charge < -0.3 is 4.74 Å². The molecule has 2 fully saturated rings. The van der Waals surface area contributed by atoms with E-state index in [4.69, 9.17) is 4.74 Å². The molecule has 1 saturated heterocycles. The van der Waals surface area contributed by atoms with Gasteiger partial charge in [-0.15, -0.1) is 0 Å². The van der Waals surface area contributed by atoms with E-state index in [0.29, 0.717) is 11.3 Å². The monoisotopic (exact) mass is 221 g/mol. The van der Waals surface area contributed by atoms with Crippen LogP contribution in [-0.4, -0.2) is 28.4 Å². The Morgan fingerprint density at radius 1 is 1.50 bits per heavy atom. The predicted octanol–water partition coefficient (Wildman–Crippen LogP) is 2.04. The molecule has 1 aliphatic heterocycles. The molecule has 0 amide bonds. The van der Waals surface area contributed by atoms with Gasteiger partial charge in [0.25, 0.3) is 0 Å². The first kappa shape index (κ1) is 10.3. The third kappa shape index (κ3) is 2.12. The summed E-state index contributed by atoms with van der Waals surface area (Å²) in [4.78, 5) is 4.58. The third-order valence-electron chi connectivity index (χ3n) is 3.91. The highest BCUT2D eigenvalue weighted by Gasteiger charge is 2.36. The first-order chi connectivity index (χ1) is 7.75. The summed E-state index contributed by atoms with van der Waals surface area (Å²) in [5, 5.41) is 7.37. The fourth-order valence-electron chi connectivity index (χ4n) is 2.23. The van der Waals surface area contributed by atoms with Gasteiger partial charge in [0, 0.05) is 18.9 Å². The first-order valence-electron chi connectivity index (χ1n) is 6.24. The molecule has 0 radical (unpaired) electrons. The number of aryl methyl sites for hydroxylation is 1. The maximum atomic E-state index is 5.35. The fourth-order valence-corrected chi connectivity index (χ4v) is 2.23. The summed E-state index contributed by atoms with van der Waals surface area (Å²) in [6, 6.07) is 0. The van der Waals surface area contributed by atoms with E-state index in [0.717, 1.165) is 37.7 Å². The lowest BCUT2D eigenvalue weighted by Gasteiger charge is -2.04. The highest BCUT2D eigenvalue weighted by molar-refractivity contribution is 5.01. The normalized spacial score (nSPS) is 27.2. The van der Waals surface area contributed by atoms with Gasteiger partial charge in [0.2, 0.25) is 0 Å². The van der Waals surface area contributed by atoms with Gasteiger partial charge in [0.15, 0.2) is 5.82 Å². The molecular weight excluding hydrogens is 202 g/mol. The van der Waals surface area contributed by atoms with Crippen LogP contribution >= 0.6 is 0 Å². The fraction of sp³-hybridized carbons (Fsp3) is 0.833. The number of H-pyrrole nitrogens is 1. The van der Waals surface area contributed by atoms with E-state index in [2.05, 4.69) is 22.1 Å². The van der Waals surface area contributed by atoms with Gasteiger partial charge in [-0.25, -0.2) is 4.98 Å². The lowest BCUT2D eigenvalue weighted by molar-refractivity contribution is 0.193. The quantitative estimate of drug-likeness (QED) is 0.846. The molecule has 1 atom stereocenters. The van der Waals surface area contributed by atoms with E-state index < -0.39 is 0 Å². The first-order valence-corrected chi connectivity index (χ1v) is 6.24. The number of nitrogens with zero attached hydrogens (tertiary/aromatic N) is 2. The van der Waals surface area contributed by atoms with Gasteiger partial charge in [-0.2, -0.15) is 5.10 Å². The Kier molecular flexibility index (Phi) is 2.46. The van der Waals surface area contributed by atoms with Crippen molar-refractivity contribution >= 4 is 0 Å². The van der Waals surface area contributed by atoms with Gasteiger partial charge in [0.1, 0.15) is 5.82 Å². The lowest BCUT2D eigenvalue weighted by atomic mass is 10.0. The van der Waals surface area contributed by atoms with Crippen LogP contribution in [0.1, 0.15) is 50.2 Å². The number of aromatic nitrogens is 3. The van der Waals surface area contributed by atoms with Gasteiger partial charge in [-0.05, 0) is 31.1 Å². The summed E-state index contributed by atoms with van der Waals surface area (Å²) in [5.41, 5.74) is 0.601. The molecule has 1 aromatic rings. The van der Waals surface area contributed by atoms with Crippen LogP contribution in [0, 0.1) is 5.41 Å². The zero-order valence-corrected chi connectivity index (χ0v) is 9.83. The molecule has 1 saturated carbocycles. The zero-order chi connectivity index (χ0) is 11.0. The molecule has 1 N–H and O–H groups in total. The van der Waals surface area contributed by atoms with Crippen LogP contribution in [0.25, 0.3) is 0 Å². The van der Waals surface area contributed by atoms with E-state index in [-0.39, 0.29) is 0 Å². The van der Waals surface area contributed by atoms with Crippen molar-refractivity contribution in [3.8, 4) is 0 Å². The molecule has 2 aliphatic rings. The average molecular weight is 221 g/mol. The number of aromatic amines is 1. The Hall–Kier alpha value is -0.900. The van der Waals surface area contributed by atoms with Gasteiger partial charge in [-0.1, -0.05) is 6.92 Å². The summed E-state index contributed by atoms with van der Waals surface area (Å²) in [6.07, 6.45) is 6.10. The lowest BCUT2D eigenvalue weighted by Crippen LogP contribution is -2.01. The minimum absolute atomic E-state index is 0.418. The summed E-state index contributed by atoms with van der Waals surface area (Å²) in [7, 11) is 0. The maximum Gasteiger partial charge on any atom is 0.156 e. The second-order valence-electron chi connectivity index (χ2n) is 5.51. The highest BCUT2D eigenvalue weighted by Crippen LogP contribution is 2.48. The van der Waals surface area contributed by atoms with E-state index in [9.17, 15) is 0 Å². The van der Waals surface area contributed by atoms with Crippen molar-refractivity contribution in [3.05, 3.63) is 11.6 Å². The SMILES string of the molecule is CC1(CCc2nc([C@H]3CCOC3)n[nH]2)CC1. The second-order valence-corrected chi connectivity index (χ2v) is 5.51. The zero-order valence-electron chi connectivity index (χ0n) is 9.83. The van der Waals surface area contributed by atoms with Crippen LogP contribution in [0.4, 0.5) is 0 Å². The Bertz CT molecular complexity index is 364. The molecule has 4 heteroatoms. The minimum atomic E-state index is 0.418. The van der Waals surface area contributed by atoms with Crippen molar-refractivity contribution < 1.29 is 4.74 Å². The van der Waals surface area contributed by atoms with Crippen LogP contribution in [0.5, 0.6) is 0 Å². The summed E-state index contributed by atoms with van der Waals surface area (Å²) >= 11 is 0. The van der Waals surface area contributed by atoms with E-state index in [1.807, 2.05) is 0 Å². The average Bonchev–Trinajstić information content (AvgIpc) is 2.81. The Morgan fingerprint density at radius 2 is 2.38 bits per heavy atom. The standard InChI is InChI=1S/C12H19N3O/c1-12(5-6-12)4-2-10-13-11(15-14-10)9-3-7-16-8-9/h9H,2-8H2,1H3,(H,13,14,15)/t9-/m0/s1. The molecular formula is C12H19N3O. The minimum Gasteiger partial charge on any atom is -0.381 e. The Labute approximate surface area is 95.8 Å². The van der Waals surface area contributed by atoms with Gasteiger partial charge in [0.05, 0.1) is 6.61 Å². The highest BCUT2D eigenvalue weighted by atomic mass is 16.5. The Balaban J connectivity index is 1.58. The number of rotatable bonds is 4. The van der Waals surface area contributed by atoms with E-state index in [1.165, 1.54) is 19.3 Å². The molecule has 1 aliphatic carbocycles. The smallest absolute Gasteiger partial charge is 0.156 e. The maximum absolute atomic E-state index is 5.35. The number of ether oxygens (including phenoxy) is 1. The van der Waals surface area contributed by atoms with Crippen LogP contribution < -0.4 is 0 Å². The van der Waals surface area contributed by atoms with Crippen molar-refractivity contribution in [1.29, 1.82) is 0 Å². The third-order valence-corrected chi connectivity index (χ3v) is 3.91. The molecule has 0 spiro atoms. The van der Waals surface area contributed by atoms with Crippen molar-refractivity contribution in [3.63, 3.8) is 0 Å². The summed E-state index contributed by atoms with van der Waals surface area (Å²) < 4.78 is 5.35. The van der Waals surface area contributed by atoms with Gasteiger partial charge >= 0.3 is 0 Å². The molecule has 16 heavy (non-hydrogen) atoms. The van der Waals surface area contributed by atoms with Crippen molar-refractivity contribution in [2.24, 2.45) is 5.41 Å². The van der Waals surface area contributed by atoms with Crippen LogP contribution in [0.2, 0.25) is 0 Å². The molecule has 88 valence electrons. The largest absolute Gasteiger partial charge is 0.381 e. The van der Waals surface area contributed by atoms with Gasteiger partial charge in [-0.3, -0.25) is 5.10 Å². The molecule has 1 aromatic heterocycles. The summed E-state index contributed by atoms with van der Waals surface area (Å²) in [5.74, 6) is 2.42. The molecule has 2 heterocycles.